The number of carboxylic acid groups (broad SMARTS) is 1. The van der Waals surface area contributed by atoms with Crippen LogP contribution in [0.4, 0.5) is 4.79 Å². The molecule has 0 aliphatic carbocycles. The highest BCUT2D eigenvalue weighted by molar-refractivity contribution is 5.68. The highest BCUT2D eigenvalue weighted by atomic mass is 16.4. The lowest BCUT2D eigenvalue weighted by Crippen LogP contribution is -2.46. The Balaban J connectivity index is 2.30. The summed E-state index contributed by atoms with van der Waals surface area (Å²) in [5.74, 6) is 0. The van der Waals surface area contributed by atoms with E-state index in [2.05, 4.69) is 31.2 Å². The van der Waals surface area contributed by atoms with Gasteiger partial charge in [-0.15, -0.1) is 0 Å². The standard InChI is InChI=1S/C11H19N3O2/c1-11(2,3)14-8-5-4-6-13(10(15)16)9(8)7-12-14/h12H,4-7H2,1-3H3,(H,15,16). The van der Waals surface area contributed by atoms with Crippen molar-refractivity contribution in [1.82, 2.24) is 15.3 Å². The third-order valence-corrected chi connectivity index (χ3v) is 3.03. The first-order chi connectivity index (χ1) is 7.41. The second-order valence-corrected chi connectivity index (χ2v) is 5.27. The number of allylic oxidation sites excluding steroid dienone is 1. The minimum atomic E-state index is -0.843. The van der Waals surface area contributed by atoms with Crippen molar-refractivity contribution in [3.8, 4) is 0 Å². The highest BCUT2D eigenvalue weighted by Gasteiger charge is 2.36. The molecule has 5 nitrogen and oxygen atoms in total. The third kappa shape index (κ3) is 1.75. The lowest BCUT2D eigenvalue weighted by Gasteiger charge is -2.37. The van der Waals surface area contributed by atoms with Gasteiger partial charge in [-0.25, -0.2) is 10.2 Å². The van der Waals surface area contributed by atoms with Crippen LogP contribution in [0, 0.1) is 0 Å². The van der Waals surface area contributed by atoms with Gasteiger partial charge < -0.3 is 10.1 Å². The zero-order valence-electron chi connectivity index (χ0n) is 10.1. The van der Waals surface area contributed by atoms with Crippen LogP contribution in [0.25, 0.3) is 0 Å². The average Bonchev–Trinajstić information content (AvgIpc) is 2.59. The van der Waals surface area contributed by atoms with E-state index in [0.29, 0.717) is 13.1 Å². The van der Waals surface area contributed by atoms with E-state index in [-0.39, 0.29) is 5.54 Å². The Morgan fingerprint density at radius 2 is 2.06 bits per heavy atom. The molecule has 2 aliphatic rings. The molecule has 1 amide bonds. The van der Waals surface area contributed by atoms with Crippen LogP contribution in [-0.4, -0.2) is 39.7 Å². The first kappa shape index (κ1) is 11.3. The van der Waals surface area contributed by atoms with E-state index in [1.807, 2.05) is 0 Å². The van der Waals surface area contributed by atoms with E-state index in [1.165, 1.54) is 4.90 Å². The van der Waals surface area contributed by atoms with Gasteiger partial charge in [-0.1, -0.05) is 0 Å². The number of nitrogens with one attached hydrogen (secondary N) is 1. The summed E-state index contributed by atoms with van der Waals surface area (Å²) in [7, 11) is 0. The predicted octanol–water partition coefficient (Wildman–Crippen LogP) is 1.59. The van der Waals surface area contributed by atoms with Crippen LogP contribution < -0.4 is 5.43 Å². The molecule has 90 valence electrons. The van der Waals surface area contributed by atoms with Crippen LogP contribution >= 0.6 is 0 Å². The Kier molecular flexibility index (Phi) is 2.58. The highest BCUT2D eigenvalue weighted by Crippen LogP contribution is 2.32. The van der Waals surface area contributed by atoms with Gasteiger partial charge in [0.15, 0.2) is 0 Å². The summed E-state index contributed by atoms with van der Waals surface area (Å²) < 4.78 is 0. The van der Waals surface area contributed by atoms with E-state index in [0.717, 1.165) is 24.2 Å². The molecule has 0 radical (unpaired) electrons. The fourth-order valence-electron chi connectivity index (χ4n) is 2.38. The van der Waals surface area contributed by atoms with Crippen molar-refractivity contribution in [2.24, 2.45) is 0 Å². The summed E-state index contributed by atoms with van der Waals surface area (Å²) >= 11 is 0. The predicted molar refractivity (Wildman–Crippen MR) is 60.6 cm³/mol. The van der Waals surface area contributed by atoms with Gasteiger partial charge in [0.1, 0.15) is 0 Å². The lowest BCUT2D eigenvalue weighted by atomic mass is 10.0. The summed E-state index contributed by atoms with van der Waals surface area (Å²) in [6, 6.07) is 0. The molecule has 0 aromatic carbocycles. The number of hydrogen-bond acceptors (Lipinski definition) is 3. The number of amides is 1. The Hall–Kier alpha value is -1.23. The van der Waals surface area contributed by atoms with Crippen LogP contribution in [0.2, 0.25) is 0 Å². The molecule has 2 aliphatic heterocycles. The molecule has 0 fully saturated rings. The van der Waals surface area contributed by atoms with Gasteiger partial charge in [0.2, 0.25) is 0 Å². The maximum Gasteiger partial charge on any atom is 0.411 e. The summed E-state index contributed by atoms with van der Waals surface area (Å²) in [4.78, 5) is 12.6. The fourth-order valence-corrected chi connectivity index (χ4v) is 2.38. The van der Waals surface area contributed by atoms with E-state index in [1.54, 1.807) is 0 Å². The molecule has 0 unspecified atom stereocenters. The van der Waals surface area contributed by atoms with Crippen LogP contribution in [0.15, 0.2) is 11.4 Å². The molecule has 2 N–H and O–H groups in total. The number of nitrogens with zero attached hydrogens (tertiary/aromatic N) is 2. The fraction of sp³-hybridized carbons (Fsp3) is 0.727. The van der Waals surface area contributed by atoms with Crippen molar-refractivity contribution in [2.45, 2.75) is 39.2 Å². The van der Waals surface area contributed by atoms with E-state index in [9.17, 15) is 4.79 Å². The van der Waals surface area contributed by atoms with Crippen molar-refractivity contribution in [3.05, 3.63) is 11.4 Å². The molecule has 0 saturated heterocycles. The number of hydrazine groups is 1. The first-order valence-corrected chi connectivity index (χ1v) is 5.67. The van der Waals surface area contributed by atoms with Gasteiger partial charge in [0.05, 0.1) is 17.9 Å². The molecule has 16 heavy (non-hydrogen) atoms. The van der Waals surface area contributed by atoms with Crippen LogP contribution in [0.5, 0.6) is 0 Å². The van der Waals surface area contributed by atoms with Gasteiger partial charge in [0, 0.05) is 12.1 Å². The zero-order chi connectivity index (χ0) is 11.9. The normalized spacial score (nSPS) is 21.4. The van der Waals surface area contributed by atoms with Gasteiger partial charge in [-0.3, -0.25) is 4.90 Å². The Morgan fingerprint density at radius 3 is 2.62 bits per heavy atom. The molecular formula is C11H19N3O2. The monoisotopic (exact) mass is 225 g/mol. The summed E-state index contributed by atoms with van der Waals surface area (Å²) in [5.41, 5.74) is 5.33. The summed E-state index contributed by atoms with van der Waals surface area (Å²) in [6.07, 6.45) is 1.02. The van der Waals surface area contributed by atoms with Crippen molar-refractivity contribution < 1.29 is 9.90 Å². The summed E-state index contributed by atoms with van der Waals surface area (Å²) in [5, 5.41) is 11.2. The molecule has 0 saturated carbocycles. The molecule has 5 heteroatoms. The molecule has 0 spiro atoms. The molecule has 0 aromatic rings. The van der Waals surface area contributed by atoms with Gasteiger partial charge >= 0.3 is 6.09 Å². The smallest absolute Gasteiger partial charge is 0.411 e. The number of rotatable bonds is 0. The van der Waals surface area contributed by atoms with Crippen molar-refractivity contribution >= 4 is 6.09 Å². The zero-order valence-corrected chi connectivity index (χ0v) is 10.1. The molecule has 2 rings (SSSR count). The topological polar surface area (TPSA) is 55.8 Å². The lowest BCUT2D eigenvalue weighted by molar-refractivity contribution is 0.130. The maximum absolute atomic E-state index is 11.1. The second-order valence-electron chi connectivity index (χ2n) is 5.27. The minimum Gasteiger partial charge on any atom is -0.465 e. The first-order valence-electron chi connectivity index (χ1n) is 5.67. The van der Waals surface area contributed by atoms with Crippen molar-refractivity contribution in [2.75, 3.05) is 13.1 Å². The molecule has 2 heterocycles. The molecule has 0 atom stereocenters. The Bertz CT molecular complexity index is 344. The minimum absolute atomic E-state index is 0.0153. The van der Waals surface area contributed by atoms with Crippen LogP contribution in [0.1, 0.15) is 33.6 Å². The number of carbonyl (C=O) groups is 1. The van der Waals surface area contributed by atoms with E-state index in [4.69, 9.17) is 5.11 Å². The van der Waals surface area contributed by atoms with Gasteiger partial charge in [0.25, 0.3) is 0 Å². The Morgan fingerprint density at radius 1 is 1.38 bits per heavy atom. The Labute approximate surface area is 95.7 Å². The molecule has 0 aromatic heterocycles. The average molecular weight is 225 g/mol. The molecule has 0 bridgehead atoms. The van der Waals surface area contributed by atoms with Gasteiger partial charge in [-0.05, 0) is 33.6 Å². The van der Waals surface area contributed by atoms with Crippen LogP contribution in [0.3, 0.4) is 0 Å². The maximum atomic E-state index is 11.1. The third-order valence-electron chi connectivity index (χ3n) is 3.03. The van der Waals surface area contributed by atoms with Crippen molar-refractivity contribution in [1.29, 1.82) is 0 Å². The quantitative estimate of drug-likeness (QED) is 0.657. The van der Waals surface area contributed by atoms with Crippen LogP contribution in [-0.2, 0) is 0 Å². The van der Waals surface area contributed by atoms with Gasteiger partial charge in [-0.2, -0.15) is 0 Å². The second kappa shape index (κ2) is 3.66. The SMILES string of the molecule is CC(C)(C)N1NCC2=C1CCCN2C(=O)O. The van der Waals surface area contributed by atoms with Crippen molar-refractivity contribution in [3.63, 3.8) is 0 Å². The molecular weight excluding hydrogens is 206 g/mol. The van der Waals surface area contributed by atoms with E-state index < -0.39 is 6.09 Å². The van der Waals surface area contributed by atoms with E-state index >= 15 is 0 Å². The largest absolute Gasteiger partial charge is 0.465 e. The summed E-state index contributed by atoms with van der Waals surface area (Å²) in [6.45, 7) is 7.60. The number of hydrogen-bond donors (Lipinski definition) is 2.